The molecule has 0 saturated carbocycles. The Labute approximate surface area is 118 Å². The summed E-state index contributed by atoms with van der Waals surface area (Å²) in [5.74, 6) is 0.813. The minimum Gasteiger partial charge on any atom is -0.302 e. The molecule has 19 heavy (non-hydrogen) atoms. The average molecular weight is 277 g/mol. The monoisotopic (exact) mass is 276 g/mol. The first-order valence-corrected chi connectivity index (χ1v) is 6.66. The van der Waals surface area contributed by atoms with E-state index < -0.39 is 5.38 Å². The van der Waals surface area contributed by atoms with Crippen molar-refractivity contribution >= 4 is 17.4 Å². The van der Waals surface area contributed by atoms with Gasteiger partial charge in [0.1, 0.15) is 5.82 Å². The molecule has 2 rings (SSSR count). The third-order valence-electron chi connectivity index (χ3n) is 3.25. The Bertz CT molecular complexity index is 629. The summed E-state index contributed by atoms with van der Waals surface area (Å²) in [5, 5.41) is -0.515. The minimum atomic E-state index is -0.515. The van der Waals surface area contributed by atoms with Crippen molar-refractivity contribution in [2.75, 3.05) is 0 Å². The highest BCUT2D eigenvalue weighted by atomic mass is 35.5. The lowest BCUT2D eigenvalue weighted by atomic mass is 10.1. The predicted octanol–water partition coefficient (Wildman–Crippen LogP) is 3.61. The quantitative estimate of drug-likeness (QED) is 0.634. The molecular weight excluding hydrogens is 260 g/mol. The zero-order chi connectivity index (χ0) is 14.2. The zero-order valence-electron chi connectivity index (χ0n) is 11.6. The summed E-state index contributed by atoms with van der Waals surface area (Å²) in [7, 11) is 0. The first-order chi connectivity index (χ1) is 8.93. The highest BCUT2D eigenvalue weighted by Crippen LogP contribution is 2.23. The van der Waals surface area contributed by atoms with Crippen LogP contribution in [0.2, 0.25) is 0 Å². The molecule has 0 fully saturated rings. The van der Waals surface area contributed by atoms with E-state index in [1.165, 1.54) is 0 Å². The molecule has 0 bridgehead atoms. The van der Waals surface area contributed by atoms with Crippen molar-refractivity contribution in [2.24, 2.45) is 0 Å². The summed E-state index contributed by atoms with van der Waals surface area (Å²) in [5.41, 5.74) is 3.61. The van der Waals surface area contributed by atoms with Gasteiger partial charge in [-0.15, -0.1) is 11.6 Å². The molecule has 3 nitrogen and oxygen atoms in total. The van der Waals surface area contributed by atoms with Gasteiger partial charge in [0.25, 0.3) is 0 Å². The van der Waals surface area contributed by atoms with E-state index in [1.54, 1.807) is 13.1 Å². The van der Waals surface area contributed by atoms with Gasteiger partial charge in [0.2, 0.25) is 0 Å². The molecule has 100 valence electrons. The number of carbonyl (C=O) groups is 1. The Kier molecular flexibility index (Phi) is 3.76. The highest BCUT2D eigenvalue weighted by molar-refractivity contribution is 6.33. The van der Waals surface area contributed by atoms with E-state index in [0.717, 1.165) is 22.8 Å². The van der Waals surface area contributed by atoms with Gasteiger partial charge in [0, 0.05) is 23.1 Å². The van der Waals surface area contributed by atoms with E-state index in [0.29, 0.717) is 5.56 Å². The van der Waals surface area contributed by atoms with Crippen molar-refractivity contribution in [1.29, 1.82) is 0 Å². The molecule has 0 radical (unpaired) electrons. The maximum absolute atomic E-state index is 12.1. The van der Waals surface area contributed by atoms with Crippen molar-refractivity contribution in [3.05, 3.63) is 46.9 Å². The normalized spacial score (nSPS) is 12.5. The van der Waals surface area contributed by atoms with E-state index in [2.05, 4.69) is 4.98 Å². The maximum Gasteiger partial charge on any atom is 0.182 e. The van der Waals surface area contributed by atoms with Gasteiger partial charge in [-0.3, -0.25) is 4.79 Å². The van der Waals surface area contributed by atoms with Gasteiger partial charge in [-0.05, 0) is 45.4 Å². The molecule has 0 spiro atoms. The molecule has 1 unspecified atom stereocenters. The third-order valence-corrected chi connectivity index (χ3v) is 3.45. The number of rotatable bonds is 3. The van der Waals surface area contributed by atoms with Crippen LogP contribution in [0.1, 0.15) is 34.2 Å². The third kappa shape index (κ3) is 2.43. The van der Waals surface area contributed by atoms with Crippen molar-refractivity contribution in [2.45, 2.75) is 33.1 Å². The predicted molar refractivity (Wildman–Crippen MR) is 77.4 cm³/mol. The molecule has 0 saturated heterocycles. The Hall–Kier alpha value is -1.61. The van der Waals surface area contributed by atoms with Crippen molar-refractivity contribution in [1.82, 2.24) is 9.55 Å². The lowest BCUT2D eigenvalue weighted by molar-refractivity contribution is 0.0991. The molecule has 0 aliphatic rings. The summed E-state index contributed by atoms with van der Waals surface area (Å²) in [6.07, 6.45) is 1.76. The van der Waals surface area contributed by atoms with Gasteiger partial charge < -0.3 is 4.57 Å². The number of carbonyl (C=O) groups excluding carboxylic acids is 1. The molecule has 0 amide bonds. The number of ketones is 1. The molecular formula is C15H17ClN2O. The largest absolute Gasteiger partial charge is 0.302 e. The summed E-state index contributed by atoms with van der Waals surface area (Å²) in [6.45, 7) is 7.60. The number of Topliss-reactive ketones (excluding diaryl/α,β-unsaturated/α-hetero) is 1. The number of nitrogens with zero attached hydrogens (tertiary/aromatic N) is 2. The molecule has 2 aromatic heterocycles. The molecule has 0 N–H and O–H groups in total. The lowest BCUT2D eigenvalue weighted by Crippen LogP contribution is -2.12. The summed E-state index contributed by atoms with van der Waals surface area (Å²) < 4.78 is 2.00. The fourth-order valence-electron chi connectivity index (χ4n) is 2.26. The molecule has 2 heterocycles. The van der Waals surface area contributed by atoms with Crippen LogP contribution in [0.4, 0.5) is 0 Å². The van der Waals surface area contributed by atoms with Crippen LogP contribution in [0.5, 0.6) is 0 Å². The van der Waals surface area contributed by atoms with Crippen LogP contribution in [0.25, 0.3) is 5.82 Å². The van der Waals surface area contributed by atoms with Gasteiger partial charge >= 0.3 is 0 Å². The molecule has 1 atom stereocenters. The summed E-state index contributed by atoms with van der Waals surface area (Å²) in [6, 6.07) is 5.79. The zero-order valence-corrected chi connectivity index (χ0v) is 12.3. The number of halogens is 1. The van der Waals surface area contributed by atoms with Gasteiger partial charge in [0.05, 0.1) is 5.38 Å². The number of pyridine rings is 1. The summed E-state index contributed by atoms with van der Waals surface area (Å²) >= 11 is 5.90. The van der Waals surface area contributed by atoms with Gasteiger partial charge in [-0.1, -0.05) is 6.07 Å². The van der Waals surface area contributed by atoms with Crippen LogP contribution in [0, 0.1) is 20.8 Å². The number of aryl methyl sites for hydroxylation is 2. The van der Waals surface area contributed by atoms with Crippen LogP contribution < -0.4 is 0 Å². The number of alkyl halides is 1. The fourth-order valence-corrected chi connectivity index (χ4v) is 2.38. The Morgan fingerprint density at radius 1 is 1.37 bits per heavy atom. The highest BCUT2D eigenvalue weighted by Gasteiger charge is 2.20. The van der Waals surface area contributed by atoms with E-state index in [-0.39, 0.29) is 5.78 Å². The van der Waals surface area contributed by atoms with Gasteiger partial charge in [-0.25, -0.2) is 4.98 Å². The number of hydrogen-bond acceptors (Lipinski definition) is 2. The maximum atomic E-state index is 12.1. The van der Waals surface area contributed by atoms with Crippen molar-refractivity contribution in [3.8, 4) is 5.82 Å². The Morgan fingerprint density at radius 2 is 2.05 bits per heavy atom. The molecule has 0 aromatic carbocycles. The first kappa shape index (κ1) is 13.8. The van der Waals surface area contributed by atoms with Crippen molar-refractivity contribution in [3.63, 3.8) is 0 Å². The standard InChI is InChI=1S/C15H17ClN2O/c1-9-6-5-7-17-15(9)18-10(2)8-13(12(18)4)14(19)11(3)16/h5-8,11H,1-4H3. The van der Waals surface area contributed by atoms with E-state index in [9.17, 15) is 4.79 Å². The molecule has 0 aliphatic heterocycles. The Morgan fingerprint density at radius 3 is 2.63 bits per heavy atom. The van der Waals surface area contributed by atoms with Crippen LogP contribution >= 0.6 is 11.6 Å². The second-order valence-electron chi connectivity index (χ2n) is 4.74. The average Bonchev–Trinajstić information content (AvgIpc) is 2.65. The first-order valence-electron chi connectivity index (χ1n) is 6.22. The van der Waals surface area contributed by atoms with Crippen LogP contribution in [0.3, 0.4) is 0 Å². The topological polar surface area (TPSA) is 34.9 Å². The number of aromatic nitrogens is 2. The minimum absolute atomic E-state index is 0.0467. The fraction of sp³-hybridized carbons (Fsp3) is 0.333. The second-order valence-corrected chi connectivity index (χ2v) is 5.40. The van der Waals surface area contributed by atoms with E-state index in [1.807, 2.05) is 43.5 Å². The van der Waals surface area contributed by atoms with Crippen LogP contribution in [0.15, 0.2) is 24.4 Å². The van der Waals surface area contributed by atoms with E-state index >= 15 is 0 Å². The second kappa shape index (κ2) is 5.17. The smallest absolute Gasteiger partial charge is 0.182 e. The van der Waals surface area contributed by atoms with Crippen LogP contribution in [-0.2, 0) is 0 Å². The van der Waals surface area contributed by atoms with E-state index in [4.69, 9.17) is 11.6 Å². The number of hydrogen-bond donors (Lipinski definition) is 0. The molecule has 4 heteroatoms. The molecule has 2 aromatic rings. The van der Waals surface area contributed by atoms with Gasteiger partial charge in [-0.2, -0.15) is 0 Å². The SMILES string of the molecule is Cc1cccnc1-n1c(C)cc(C(=O)C(C)Cl)c1C. The van der Waals surface area contributed by atoms with Crippen LogP contribution in [-0.4, -0.2) is 20.7 Å². The van der Waals surface area contributed by atoms with Gasteiger partial charge in [0.15, 0.2) is 5.78 Å². The summed E-state index contributed by atoms with van der Waals surface area (Å²) in [4.78, 5) is 16.5. The molecule has 0 aliphatic carbocycles. The lowest BCUT2D eigenvalue weighted by Gasteiger charge is -2.11. The Balaban J connectivity index is 2.61. The van der Waals surface area contributed by atoms with Crippen molar-refractivity contribution < 1.29 is 4.79 Å².